The predicted octanol–water partition coefficient (Wildman–Crippen LogP) is 3.16. The predicted molar refractivity (Wildman–Crippen MR) is 67.7 cm³/mol. The standard InChI is InChI=1S/C14H17FN2/c1-9-6-10(4-5-16-9)13-8-17-14-7-11(15)2-3-12(13)14/h2-3,7-10,16-17H,4-6H2,1H3/t9-,10+/m0/s1. The van der Waals surface area contributed by atoms with Crippen molar-refractivity contribution >= 4 is 10.9 Å². The van der Waals surface area contributed by atoms with Gasteiger partial charge in [0.05, 0.1) is 0 Å². The van der Waals surface area contributed by atoms with Gasteiger partial charge in [-0.25, -0.2) is 4.39 Å². The van der Waals surface area contributed by atoms with Crippen LogP contribution in [0, 0.1) is 5.82 Å². The molecule has 0 amide bonds. The van der Waals surface area contributed by atoms with Crippen LogP contribution in [0.1, 0.15) is 31.2 Å². The highest BCUT2D eigenvalue weighted by molar-refractivity contribution is 5.83. The number of halogens is 1. The van der Waals surface area contributed by atoms with Crippen LogP contribution in [0.3, 0.4) is 0 Å². The van der Waals surface area contributed by atoms with Gasteiger partial charge in [-0.2, -0.15) is 0 Å². The second kappa shape index (κ2) is 4.15. The van der Waals surface area contributed by atoms with Crippen molar-refractivity contribution in [2.45, 2.75) is 31.7 Å². The van der Waals surface area contributed by atoms with Crippen molar-refractivity contribution in [3.05, 3.63) is 35.8 Å². The van der Waals surface area contributed by atoms with E-state index in [1.54, 1.807) is 12.1 Å². The van der Waals surface area contributed by atoms with Gasteiger partial charge in [-0.15, -0.1) is 0 Å². The van der Waals surface area contributed by atoms with E-state index >= 15 is 0 Å². The summed E-state index contributed by atoms with van der Waals surface area (Å²) >= 11 is 0. The number of hydrogen-bond donors (Lipinski definition) is 2. The van der Waals surface area contributed by atoms with Gasteiger partial charge in [0.2, 0.25) is 0 Å². The molecule has 1 aliphatic rings. The lowest BCUT2D eigenvalue weighted by Gasteiger charge is -2.27. The number of piperidine rings is 1. The fourth-order valence-electron chi connectivity index (χ4n) is 2.87. The van der Waals surface area contributed by atoms with Crippen molar-refractivity contribution in [1.82, 2.24) is 10.3 Å². The molecule has 0 spiro atoms. The van der Waals surface area contributed by atoms with E-state index in [1.165, 1.54) is 10.9 Å². The number of H-pyrrole nitrogens is 1. The van der Waals surface area contributed by atoms with Crippen LogP contribution < -0.4 is 5.32 Å². The van der Waals surface area contributed by atoms with E-state index in [0.717, 1.165) is 24.9 Å². The molecule has 1 fully saturated rings. The van der Waals surface area contributed by atoms with Gasteiger partial charge in [0.15, 0.2) is 0 Å². The van der Waals surface area contributed by atoms with Gasteiger partial charge in [-0.1, -0.05) is 0 Å². The molecule has 0 bridgehead atoms. The molecular formula is C14H17FN2. The second-order valence-corrected chi connectivity index (χ2v) is 5.01. The summed E-state index contributed by atoms with van der Waals surface area (Å²) in [5, 5.41) is 4.63. The molecule has 3 rings (SSSR count). The summed E-state index contributed by atoms with van der Waals surface area (Å²) in [7, 11) is 0. The zero-order chi connectivity index (χ0) is 11.8. The van der Waals surface area contributed by atoms with Crippen molar-refractivity contribution in [2.24, 2.45) is 0 Å². The highest BCUT2D eigenvalue weighted by Crippen LogP contribution is 2.33. The molecule has 2 nitrogen and oxygen atoms in total. The Bertz CT molecular complexity index is 532. The van der Waals surface area contributed by atoms with E-state index in [0.29, 0.717) is 12.0 Å². The molecule has 3 heteroatoms. The second-order valence-electron chi connectivity index (χ2n) is 5.01. The van der Waals surface area contributed by atoms with E-state index in [-0.39, 0.29) is 5.82 Å². The normalized spacial score (nSPS) is 25.3. The Morgan fingerprint density at radius 1 is 1.35 bits per heavy atom. The van der Waals surface area contributed by atoms with E-state index in [9.17, 15) is 4.39 Å². The van der Waals surface area contributed by atoms with E-state index < -0.39 is 0 Å². The minimum absolute atomic E-state index is 0.176. The van der Waals surface area contributed by atoms with Crippen LogP contribution in [0.5, 0.6) is 0 Å². The third kappa shape index (κ3) is 1.95. The Labute approximate surface area is 100 Å². The number of hydrogen-bond acceptors (Lipinski definition) is 1. The van der Waals surface area contributed by atoms with Crippen LogP contribution in [0.2, 0.25) is 0 Å². The SMILES string of the molecule is C[C@H]1C[C@H](c2c[nH]c3cc(F)ccc23)CCN1. The molecule has 0 unspecified atom stereocenters. The molecule has 1 aromatic carbocycles. The summed E-state index contributed by atoms with van der Waals surface area (Å²) < 4.78 is 13.1. The van der Waals surface area contributed by atoms with Gasteiger partial charge < -0.3 is 10.3 Å². The molecule has 1 saturated heterocycles. The van der Waals surface area contributed by atoms with Crippen LogP contribution in [0.15, 0.2) is 24.4 Å². The highest BCUT2D eigenvalue weighted by Gasteiger charge is 2.22. The molecule has 90 valence electrons. The van der Waals surface area contributed by atoms with E-state index in [2.05, 4.69) is 17.2 Å². The van der Waals surface area contributed by atoms with E-state index in [4.69, 9.17) is 0 Å². The zero-order valence-corrected chi connectivity index (χ0v) is 9.96. The first kappa shape index (κ1) is 10.8. The van der Waals surface area contributed by atoms with Gasteiger partial charge in [-0.05, 0) is 56.0 Å². The fraction of sp³-hybridized carbons (Fsp3) is 0.429. The van der Waals surface area contributed by atoms with Crippen LogP contribution >= 0.6 is 0 Å². The Kier molecular flexibility index (Phi) is 2.63. The minimum Gasteiger partial charge on any atom is -0.361 e. The van der Waals surface area contributed by atoms with Crippen LogP contribution in [-0.2, 0) is 0 Å². The topological polar surface area (TPSA) is 27.8 Å². The fourth-order valence-corrected chi connectivity index (χ4v) is 2.87. The summed E-state index contributed by atoms with van der Waals surface area (Å²) in [6, 6.07) is 5.58. The number of aromatic nitrogens is 1. The number of aromatic amines is 1. The van der Waals surface area contributed by atoms with Gasteiger partial charge in [0, 0.05) is 23.1 Å². The largest absolute Gasteiger partial charge is 0.361 e. The maximum absolute atomic E-state index is 13.1. The molecule has 0 radical (unpaired) electrons. The molecule has 2 heterocycles. The smallest absolute Gasteiger partial charge is 0.125 e. The third-order valence-electron chi connectivity index (χ3n) is 3.74. The Balaban J connectivity index is 1.99. The van der Waals surface area contributed by atoms with Gasteiger partial charge in [0.1, 0.15) is 5.82 Å². The first-order valence-electron chi connectivity index (χ1n) is 6.24. The summed E-state index contributed by atoms with van der Waals surface area (Å²) in [6.45, 7) is 3.29. The summed E-state index contributed by atoms with van der Waals surface area (Å²) in [6.07, 6.45) is 4.37. The first-order chi connectivity index (χ1) is 8.24. The maximum Gasteiger partial charge on any atom is 0.125 e. The van der Waals surface area contributed by atoms with Crippen LogP contribution in [0.4, 0.5) is 4.39 Å². The van der Waals surface area contributed by atoms with Crippen molar-refractivity contribution in [1.29, 1.82) is 0 Å². The minimum atomic E-state index is -0.176. The lowest BCUT2D eigenvalue weighted by atomic mass is 9.87. The molecule has 1 aliphatic heterocycles. The molecule has 0 saturated carbocycles. The molecule has 2 N–H and O–H groups in total. The molecule has 1 aromatic heterocycles. The van der Waals surface area contributed by atoms with Gasteiger partial charge in [-0.3, -0.25) is 0 Å². The molecule has 2 atom stereocenters. The first-order valence-corrected chi connectivity index (χ1v) is 6.24. The Hall–Kier alpha value is -1.35. The summed E-state index contributed by atoms with van der Waals surface area (Å²) in [5.74, 6) is 0.412. The van der Waals surface area contributed by atoms with Crippen molar-refractivity contribution in [3.63, 3.8) is 0 Å². The summed E-state index contributed by atoms with van der Waals surface area (Å²) in [5.41, 5.74) is 2.25. The lowest BCUT2D eigenvalue weighted by Crippen LogP contribution is -2.34. The van der Waals surface area contributed by atoms with Crippen molar-refractivity contribution in [2.75, 3.05) is 6.54 Å². The van der Waals surface area contributed by atoms with Gasteiger partial charge >= 0.3 is 0 Å². The van der Waals surface area contributed by atoms with Crippen molar-refractivity contribution in [3.8, 4) is 0 Å². The number of benzene rings is 1. The van der Waals surface area contributed by atoms with Crippen molar-refractivity contribution < 1.29 is 4.39 Å². The number of rotatable bonds is 1. The molecule has 2 aromatic rings. The highest BCUT2D eigenvalue weighted by atomic mass is 19.1. The van der Waals surface area contributed by atoms with Gasteiger partial charge in [0.25, 0.3) is 0 Å². The maximum atomic E-state index is 13.1. The van der Waals surface area contributed by atoms with E-state index in [1.807, 2.05) is 12.3 Å². The quantitative estimate of drug-likeness (QED) is 0.776. The monoisotopic (exact) mass is 232 g/mol. The molecular weight excluding hydrogens is 215 g/mol. The zero-order valence-electron chi connectivity index (χ0n) is 9.96. The Morgan fingerprint density at radius 2 is 2.24 bits per heavy atom. The lowest BCUT2D eigenvalue weighted by molar-refractivity contribution is 0.382. The van der Waals surface area contributed by atoms with Crippen LogP contribution in [0.25, 0.3) is 10.9 Å². The molecule has 0 aliphatic carbocycles. The average Bonchev–Trinajstić information content (AvgIpc) is 2.71. The molecule has 17 heavy (non-hydrogen) atoms. The number of fused-ring (bicyclic) bond motifs is 1. The third-order valence-corrected chi connectivity index (χ3v) is 3.74. The average molecular weight is 232 g/mol. The van der Waals surface area contributed by atoms with Crippen LogP contribution in [-0.4, -0.2) is 17.6 Å². The Morgan fingerprint density at radius 3 is 3.06 bits per heavy atom. The summed E-state index contributed by atoms with van der Waals surface area (Å²) in [4.78, 5) is 3.18. The number of nitrogens with one attached hydrogen (secondary N) is 2.